The smallest absolute Gasteiger partial charge is 0.360 e. The van der Waals surface area contributed by atoms with E-state index in [0.29, 0.717) is 55.4 Å². The Morgan fingerprint density at radius 3 is 2.38 bits per heavy atom. The molecule has 0 bridgehead atoms. The molecule has 5 aromatic rings. The number of hydrogen-bond donors (Lipinski definition) is 2. The summed E-state index contributed by atoms with van der Waals surface area (Å²) in [5.41, 5.74) is 1.69. The average molecular weight is 937 g/mol. The van der Waals surface area contributed by atoms with Crippen molar-refractivity contribution in [3.63, 3.8) is 0 Å². The minimum Gasteiger partial charge on any atom is -0.469 e. The molecule has 3 aromatic carbocycles. The van der Waals surface area contributed by atoms with Crippen LogP contribution in [0.15, 0.2) is 115 Å². The van der Waals surface area contributed by atoms with E-state index in [9.17, 15) is 38.4 Å². The number of rotatable bonds is 14. The van der Waals surface area contributed by atoms with Crippen molar-refractivity contribution in [1.82, 2.24) is 19.9 Å². The number of carbonyl (C=O) groups excluding carboxylic acids is 7. The number of aromatic nitrogens is 3. The molecule has 68 heavy (non-hydrogen) atoms. The van der Waals surface area contributed by atoms with Crippen LogP contribution in [0.3, 0.4) is 0 Å². The van der Waals surface area contributed by atoms with Gasteiger partial charge in [-0.3, -0.25) is 43.1 Å². The fourth-order valence-electron chi connectivity index (χ4n) is 8.79. The molecule has 4 amide bonds. The summed E-state index contributed by atoms with van der Waals surface area (Å²) in [6, 6.07) is 14.8. The quantitative estimate of drug-likeness (QED) is 0.0469. The summed E-state index contributed by atoms with van der Waals surface area (Å²) >= 11 is 1.23. The summed E-state index contributed by atoms with van der Waals surface area (Å²) in [5.74, 6) is -3.04. The van der Waals surface area contributed by atoms with Crippen LogP contribution in [0, 0.1) is 5.41 Å². The highest BCUT2D eigenvalue weighted by molar-refractivity contribution is 8.04. The number of fused-ring (bicyclic) bond motifs is 1. The predicted molar refractivity (Wildman–Crippen MR) is 257 cm³/mol. The third-order valence-electron chi connectivity index (χ3n) is 12.5. The normalized spacial score (nSPS) is 15.8. The number of benzene rings is 3. The van der Waals surface area contributed by atoms with Gasteiger partial charge < -0.3 is 19.8 Å². The molecule has 0 saturated heterocycles. The topological polar surface area (TPSA) is 217 Å². The predicted octanol–water partition coefficient (Wildman–Crippen LogP) is 7.89. The van der Waals surface area contributed by atoms with Gasteiger partial charge in [-0.05, 0) is 70.4 Å². The highest BCUT2D eigenvalue weighted by Gasteiger charge is 2.39. The number of anilines is 2. The molecule has 1 unspecified atom stereocenters. The van der Waals surface area contributed by atoms with Crippen LogP contribution < -0.4 is 16.3 Å². The zero-order valence-corrected chi connectivity index (χ0v) is 39.1. The van der Waals surface area contributed by atoms with Gasteiger partial charge in [0.2, 0.25) is 11.8 Å². The van der Waals surface area contributed by atoms with Crippen molar-refractivity contribution in [3.8, 4) is 11.3 Å². The van der Waals surface area contributed by atoms with E-state index in [-0.39, 0.29) is 59.9 Å². The summed E-state index contributed by atoms with van der Waals surface area (Å²) in [4.78, 5) is 108. The third kappa shape index (κ3) is 9.25. The Kier molecular flexibility index (Phi) is 13.1. The van der Waals surface area contributed by atoms with Crippen molar-refractivity contribution in [2.75, 3.05) is 24.3 Å². The van der Waals surface area contributed by atoms with E-state index >= 15 is 0 Å². The van der Waals surface area contributed by atoms with Crippen molar-refractivity contribution >= 4 is 86.0 Å². The Labute approximate surface area is 394 Å². The first-order chi connectivity index (χ1) is 32.4. The van der Waals surface area contributed by atoms with Gasteiger partial charge in [-0.1, -0.05) is 61.6 Å². The number of nitrogens with zero attached hydrogens (tertiary/aromatic N) is 4. The number of hydrogen-bond acceptors (Lipinski definition) is 13. The van der Waals surface area contributed by atoms with Gasteiger partial charge in [0, 0.05) is 84.1 Å². The number of methoxy groups -OCH3 is 1. The van der Waals surface area contributed by atoms with Crippen LogP contribution in [-0.4, -0.2) is 80.0 Å². The Morgan fingerprint density at radius 2 is 1.62 bits per heavy atom. The lowest BCUT2D eigenvalue weighted by atomic mass is 9.71. The standard InChI is InChI=1S/C51H48N6O10S/c1-27-28(2)46(61)44(29(3)45(27)60)51(4,5)25-41(58)52-36-19-18-35-43-33(36)14-11-15-34(43)48(63)57(49(35)64)21-20-56-26-38(54-55-56)30-16-17-31-22-37(50(65)67-39(31)23-30)53-47(62)40(24-42(59)66-6)68-32-12-9-7-8-10-13-32/h9,11-19,22-23,26,40H,7-8,10,20-21,24-25H2,1-6H3,(H,52,58)(H,53,62). The van der Waals surface area contributed by atoms with Crippen LogP contribution in [0.2, 0.25) is 0 Å². The van der Waals surface area contributed by atoms with Crippen LogP contribution in [0.25, 0.3) is 33.0 Å². The van der Waals surface area contributed by atoms with Crippen LogP contribution in [0.5, 0.6) is 0 Å². The summed E-state index contributed by atoms with van der Waals surface area (Å²) in [5, 5.41) is 14.6. The maximum atomic E-state index is 13.9. The molecule has 1 atom stereocenters. The van der Waals surface area contributed by atoms with Gasteiger partial charge in [0.05, 0.1) is 31.5 Å². The lowest BCUT2D eigenvalue weighted by molar-refractivity contribution is -0.141. The van der Waals surface area contributed by atoms with Gasteiger partial charge in [0.15, 0.2) is 11.6 Å². The molecular weight excluding hydrogens is 889 g/mol. The molecule has 0 spiro atoms. The van der Waals surface area contributed by atoms with Crippen LogP contribution >= 0.6 is 11.8 Å². The molecule has 2 N–H and O–H groups in total. The minimum absolute atomic E-state index is 0.0388. The van der Waals surface area contributed by atoms with Gasteiger partial charge in [-0.25, -0.2) is 4.79 Å². The number of esters is 1. The summed E-state index contributed by atoms with van der Waals surface area (Å²) in [6.07, 6.45) is 10.0. The molecule has 0 radical (unpaired) electrons. The second-order valence-corrected chi connectivity index (χ2v) is 18.8. The van der Waals surface area contributed by atoms with E-state index in [4.69, 9.17) is 9.15 Å². The Hall–Kier alpha value is -7.53. The van der Waals surface area contributed by atoms with Crippen LogP contribution in [-0.2, 0) is 35.3 Å². The number of ketones is 2. The van der Waals surface area contributed by atoms with E-state index in [1.807, 2.05) is 18.2 Å². The van der Waals surface area contributed by atoms with Crippen molar-refractivity contribution < 1.29 is 42.7 Å². The highest BCUT2D eigenvalue weighted by Crippen LogP contribution is 2.40. The Balaban J connectivity index is 0.933. The lowest BCUT2D eigenvalue weighted by Gasteiger charge is -2.31. The molecule has 3 aliphatic rings. The zero-order chi connectivity index (χ0) is 48.6. The second-order valence-electron chi connectivity index (χ2n) is 17.6. The number of ether oxygens (including phenoxy) is 1. The number of Topliss-reactive ketones (excluding diaryl/α,β-unsaturated/α-hetero) is 2. The molecule has 16 nitrogen and oxygen atoms in total. The molecule has 17 heteroatoms. The second kappa shape index (κ2) is 19.0. The molecule has 1 aliphatic heterocycles. The lowest BCUT2D eigenvalue weighted by Crippen LogP contribution is -2.42. The first-order valence-corrected chi connectivity index (χ1v) is 22.9. The molecule has 0 fully saturated rings. The zero-order valence-electron chi connectivity index (χ0n) is 38.3. The number of imide groups is 1. The molecule has 8 rings (SSSR count). The minimum atomic E-state index is -0.976. The SMILES string of the molecule is COC(=O)CC(SC1=CCCCC=C1)C(=O)Nc1cc2ccc(-c3cn(CCN4C(=O)c5cccc6c(NC(=O)CC(C)(C)C7=C(C)C(=O)C(C)=C(C)C7=O)ccc(c56)C4=O)nn3)cc2oc1=O. The van der Waals surface area contributed by atoms with Gasteiger partial charge >= 0.3 is 11.6 Å². The monoisotopic (exact) mass is 936 g/mol. The molecule has 0 saturated carbocycles. The summed E-state index contributed by atoms with van der Waals surface area (Å²) in [6.45, 7) is 8.41. The maximum Gasteiger partial charge on any atom is 0.360 e. The van der Waals surface area contributed by atoms with Crippen LogP contribution in [0.1, 0.15) is 87.4 Å². The first kappa shape index (κ1) is 47.0. The highest BCUT2D eigenvalue weighted by atomic mass is 32.2. The summed E-state index contributed by atoms with van der Waals surface area (Å²) in [7, 11) is 1.25. The average Bonchev–Trinajstić information content (AvgIpc) is 3.64. The van der Waals surface area contributed by atoms with Crippen molar-refractivity contribution in [2.45, 2.75) is 78.5 Å². The number of allylic oxidation sites excluding steroid dienone is 7. The molecule has 348 valence electrons. The van der Waals surface area contributed by atoms with Gasteiger partial charge in [-0.15, -0.1) is 16.9 Å². The van der Waals surface area contributed by atoms with E-state index in [2.05, 4.69) is 20.9 Å². The molecule has 2 aliphatic carbocycles. The van der Waals surface area contributed by atoms with Crippen LogP contribution in [0.4, 0.5) is 11.4 Å². The van der Waals surface area contributed by atoms with Gasteiger partial charge in [-0.2, -0.15) is 0 Å². The van der Waals surface area contributed by atoms with E-state index < -0.39 is 45.9 Å². The Morgan fingerprint density at radius 1 is 0.868 bits per heavy atom. The molecular formula is C51H48N6O10S. The molecule has 3 heterocycles. The fourth-order valence-corrected chi connectivity index (χ4v) is 9.89. The maximum absolute atomic E-state index is 13.9. The number of carbonyl (C=O) groups is 7. The third-order valence-corrected chi connectivity index (χ3v) is 13.7. The largest absolute Gasteiger partial charge is 0.469 e. The summed E-state index contributed by atoms with van der Waals surface area (Å²) < 4.78 is 11.9. The number of thioether (sulfide) groups is 1. The fraction of sp³-hybridized carbons (Fsp3) is 0.294. The molecule has 2 aromatic heterocycles. The van der Waals surface area contributed by atoms with E-state index in [0.717, 1.165) is 29.1 Å². The van der Waals surface area contributed by atoms with Crippen molar-refractivity contribution in [2.24, 2.45) is 5.41 Å². The first-order valence-electron chi connectivity index (χ1n) is 22.0. The number of amides is 4. The van der Waals surface area contributed by atoms with Gasteiger partial charge in [0.25, 0.3) is 11.8 Å². The van der Waals surface area contributed by atoms with Gasteiger partial charge in [0.1, 0.15) is 17.0 Å². The van der Waals surface area contributed by atoms with Crippen molar-refractivity contribution in [1.29, 1.82) is 0 Å². The number of nitrogens with one attached hydrogen (secondary N) is 2. The van der Waals surface area contributed by atoms with E-state index in [1.165, 1.54) is 29.6 Å². The Bertz CT molecular complexity index is 3180. The van der Waals surface area contributed by atoms with E-state index in [1.54, 1.807) is 89.3 Å². The van der Waals surface area contributed by atoms with Crippen molar-refractivity contribution in [3.05, 3.63) is 128 Å².